The molecule has 0 radical (unpaired) electrons. The first kappa shape index (κ1) is 13.2. The molecule has 0 unspecified atom stereocenters. The fourth-order valence-corrected chi connectivity index (χ4v) is 3.27. The number of fused-ring (bicyclic) bond motifs is 3. The van der Waals surface area contributed by atoms with Crippen molar-refractivity contribution in [1.82, 2.24) is 15.0 Å². The Labute approximate surface area is 127 Å². The summed E-state index contributed by atoms with van der Waals surface area (Å²) in [5.74, 6) is 0.959. The van der Waals surface area contributed by atoms with E-state index in [2.05, 4.69) is 25.0 Å². The molecule has 22 heavy (non-hydrogen) atoms. The lowest BCUT2D eigenvalue weighted by molar-refractivity contribution is 0.726. The van der Waals surface area contributed by atoms with E-state index in [1.807, 2.05) is 12.1 Å². The highest BCUT2D eigenvalue weighted by molar-refractivity contribution is 6.11. The zero-order valence-electron chi connectivity index (χ0n) is 12.2. The number of rotatable bonds is 2. The first-order valence-corrected chi connectivity index (χ1v) is 7.71. The van der Waals surface area contributed by atoms with Crippen molar-refractivity contribution in [3.8, 4) is 0 Å². The van der Waals surface area contributed by atoms with Crippen LogP contribution in [0, 0.1) is 4.91 Å². The molecule has 6 nitrogen and oxygen atoms in total. The molecule has 0 spiro atoms. The van der Waals surface area contributed by atoms with Crippen LogP contribution in [-0.2, 0) is 0 Å². The minimum Gasteiger partial charge on any atom is -0.356 e. The first-order chi connectivity index (χ1) is 10.9. The van der Waals surface area contributed by atoms with Crippen molar-refractivity contribution in [3.63, 3.8) is 0 Å². The number of hydrogen-bond donors (Lipinski definition) is 1. The second-order valence-corrected chi connectivity index (χ2v) is 5.77. The van der Waals surface area contributed by atoms with Crippen LogP contribution in [-0.4, -0.2) is 28.0 Å². The summed E-state index contributed by atoms with van der Waals surface area (Å²) in [6.45, 7) is 2.04. The number of aromatic nitrogens is 3. The molecule has 2 aromatic heterocycles. The average molecular weight is 295 g/mol. The van der Waals surface area contributed by atoms with E-state index in [1.54, 1.807) is 12.4 Å². The van der Waals surface area contributed by atoms with Crippen molar-refractivity contribution in [2.45, 2.75) is 25.7 Å². The second kappa shape index (κ2) is 5.36. The summed E-state index contributed by atoms with van der Waals surface area (Å²) in [7, 11) is 0. The number of nitroso groups, excluding NO2 is 1. The Balaban J connectivity index is 1.95. The number of nitrogens with one attached hydrogen (secondary N) is 1. The van der Waals surface area contributed by atoms with Gasteiger partial charge in [0.15, 0.2) is 0 Å². The maximum absolute atomic E-state index is 10.8. The summed E-state index contributed by atoms with van der Waals surface area (Å²) in [6, 6.07) is 5.40. The van der Waals surface area contributed by atoms with Gasteiger partial charge < -0.3 is 9.88 Å². The average Bonchev–Trinajstić information content (AvgIpc) is 2.73. The Kier molecular flexibility index (Phi) is 3.21. The van der Waals surface area contributed by atoms with Crippen molar-refractivity contribution in [3.05, 3.63) is 29.4 Å². The zero-order chi connectivity index (χ0) is 14.9. The highest BCUT2D eigenvalue weighted by Crippen LogP contribution is 2.33. The molecule has 0 amide bonds. The number of nitrogens with zero attached hydrogens (tertiary/aromatic N) is 4. The fraction of sp³-hybridized carbons (Fsp3) is 0.375. The standard InChI is InChI=1S/C16H17N5O/c22-20-11-5-6-13-12(9-11)14-15(19-13)17-10-18-16(14)21-7-3-1-2-4-8-21/h5-6,9-10H,1-4,7-8H2,(H,17,18,19). The SMILES string of the molecule is O=Nc1ccc2[nH]c3ncnc(N4CCCCCC4)c3c2c1. The van der Waals surface area contributed by atoms with Crippen LogP contribution in [0.4, 0.5) is 11.5 Å². The lowest BCUT2D eigenvalue weighted by Crippen LogP contribution is -2.25. The predicted octanol–water partition coefficient (Wildman–Crippen LogP) is 3.89. The number of hydrogen-bond acceptors (Lipinski definition) is 5. The third-order valence-corrected chi connectivity index (χ3v) is 4.36. The van der Waals surface area contributed by atoms with Crippen LogP contribution in [0.5, 0.6) is 0 Å². The van der Waals surface area contributed by atoms with Gasteiger partial charge in [0.25, 0.3) is 0 Å². The van der Waals surface area contributed by atoms with Gasteiger partial charge >= 0.3 is 0 Å². The van der Waals surface area contributed by atoms with E-state index in [9.17, 15) is 4.91 Å². The van der Waals surface area contributed by atoms with Crippen LogP contribution in [0.15, 0.2) is 29.7 Å². The van der Waals surface area contributed by atoms with E-state index in [0.29, 0.717) is 5.69 Å². The van der Waals surface area contributed by atoms with Gasteiger partial charge in [-0.15, -0.1) is 4.91 Å². The van der Waals surface area contributed by atoms with Gasteiger partial charge in [0.05, 0.1) is 5.39 Å². The summed E-state index contributed by atoms with van der Waals surface area (Å²) in [4.78, 5) is 25.4. The van der Waals surface area contributed by atoms with Gasteiger partial charge in [-0.1, -0.05) is 12.8 Å². The molecular weight excluding hydrogens is 278 g/mol. The molecule has 0 atom stereocenters. The van der Waals surface area contributed by atoms with E-state index in [0.717, 1.165) is 40.8 Å². The monoisotopic (exact) mass is 295 g/mol. The van der Waals surface area contributed by atoms with Crippen molar-refractivity contribution in [1.29, 1.82) is 0 Å². The third kappa shape index (κ3) is 2.11. The molecule has 1 aromatic carbocycles. The van der Waals surface area contributed by atoms with Crippen LogP contribution in [0.1, 0.15) is 25.7 Å². The molecule has 1 fully saturated rings. The predicted molar refractivity (Wildman–Crippen MR) is 87.5 cm³/mol. The molecule has 1 aliphatic rings. The molecule has 0 bridgehead atoms. The molecule has 3 aromatic rings. The van der Waals surface area contributed by atoms with Crippen LogP contribution in [0.25, 0.3) is 21.9 Å². The quantitative estimate of drug-likeness (QED) is 0.728. The van der Waals surface area contributed by atoms with Gasteiger partial charge in [0, 0.05) is 24.0 Å². The van der Waals surface area contributed by atoms with Gasteiger partial charge in [-0.2, -0.15) is 0 Å². The van der Waals surface area contributed by atoms with E-state index >= 15 is 0 Å². The Morgan fingerprint density at radius 1 is 1.09 bits per heavy atom. The van der Waals surface area contributed by atoms with Gasteiger partial charge in [-0.05, 0) is 36.2 Å². The van der Waals surface area contributed by atoms with E-state index < -0.39 is 0 Å². The summed E-state index contributed by atoms with van der Waals surface area (Å²) in [5.41, 5.74) is 2.20. The maximum Gasteiger partial charge on any atom is 0.143 e. The summed E-state index contributed by atoms with van der Waals surface area (Å²) < 4.78 is 0. The maximum atomic E-state index is 10.8. The van der Waals surface area contributed by atoms with Gasteiger partial charge in [0.2, 0.25) is 0 Å². The third-order valence-electron chi connectivity index (χ3n) is 4.36. The molecule has 0 aliphatic carbocycles. The molecule has 1 aliphatic heterocycles. The smallest absolute Gasteiger partial charge is 0.143 e. The molecular formula is C16H17N5O. The Hall–Kier alpha value is -2.50. The van der Waals surface area contributed by atoms with E-state index in [-0.39, 0.29) is 0 Å². The van der Waals surface area contributed by atoms with E-state index in [4.69, 9.17) is 0 Å². The molecule has 112 valence electrons. The second-order valence-electron chi connectivity index (χ2n) is 5.77. The first-order valence-electron chi connectivity index (χ1n) is 7.71. The molecule has 1 N–H and O–H groups in total. The number of H-pyrrole nitrogens is 1. The van der Waals surface area contributed by atoms with E-state index in [1.165, 1.54) is 25.7 Å². The largest absolute Gasteiger partial charge is 0.356 e. The molecule has 4 rings (SSSR count). The highest BCUT2D eigenvalue weighted by atomic mass is 16.3. The van der Waals surface area contributed by atoms with Crippen LogP contribution in [0.3, 0.4) is 0 Å². The lowest BCUT2D eigenvalue weighted by atomic mass is 10.1. The van der Waals surface area contributed by atoms with Crippen LogP contribution < -0.4 is 4.90 Å². The number of anilines is 1. The molecule has 6 heteroatoms. The molecule has 0 saturated carbocycles. The van der Waals surface area contributed by atoms with Crippen molar-refractivity contribution < 1.29 is 0 Å². The lowest BCUT2D eigenvalue weighted by Gasteiger charge is -2.21. The number of aromatic amines is 1. The van der Waals surface area contributed by atoms with Crippen LogP contribution >= 0.6 is 0 Å². The molecule has 3 heterocycles. The zero-order valence-corrected chi connectivity index (χ0v) is 12.2. The summed E-state index contributed by atoms with van der Waals surface area (Å²) >= 11 is 0. The Morgan fingerprint density at radius 2 is 1.91 bits per heavy atom. The Bertz CT molecular complexity index is 833. The van der Waals surface area contributed by atoms with Crippen molar-refractivity contribution in [2.75, 3.05) is 18.0 Å². The van der Waals surface area contributed by atoms with Crippen molar-refractivity contribution in [2.24, 2.45) is 5.18 Å². The van der Waals surface area contributed by atoms with Gasteiger partial charge in [0.1, 0.15) is 23.5 Å². The van der Waals surface area contributed by atoms with Gasteiger partial charge in [-0.3, -0.25) is 0 Å². The fourth-order valence-electron chi connectivity index (χ4n) is 3.27. The normalized spacial score (nSPS) is 16.1. The Morgan fingerprint density at radius 3 is 2.68 bits per heavy atom. The van der Waals surface area contributed by atoms with Crippen molar-refractivity contribution >= 4 is 33.4 Å². The highest BCUT2D eigenvalue weighted by Gasteiger charge is 2.18. The van der Waals surface area contributed by atoms with Crippen LogP contribution in [0.2, 0.25) is 0 Å². The van der Waals surface area contributed by atoms with Gasteiger partial charge in [-0.25, -0.2) is 9.97 Å². The minimum atomic E-state index is 0.430. The summed E-state index contributed by atoms with van der Waals surface area (Å²) in [5, 5.41) is 5.00. The summed E-state index contributed by atoms with van der Waals surface area (Å²) in [6.07, 6.45) is 6.54. The number of benzene rings is 1. The minimum absolute atomic E-state index is 0.430. The topological polar surface area (TPSA) is 74.2 Å². The molecule has 1 saturated heterocycles.